The third-order valence-electron chi connectivity index (χ3n) is 5.15. The van der Waals surface area contributed by atoms with E-state index in [0.717, 1.165) is 32.5 Å². The number of halogens is 1. The number of nitrogens with zero attached hydrogens (tertiary/aromatic N) is 2. The maximum absolute atomic E-state index is 12.9. The van der Waals surface area contributed by atoms with Crippen LogP contribution in [0.15, 0.2) is 23.1 Å². The Morgan fingerprint density at radius 3 is 2.33 bits per heavy atom. The summed E-state index contributed by atoms with van der Waals surface area (Å²) in [7, 11) is -1.63. The Bertz CT molecular complexity index is 728. The molecule has 1 aliphatic heterocycles. The molecular formula is C19H32ClN3O3S. The van der Waals surface area contributed by atoms with Crippen molar-refractivity contribution >= 4 is 28.3 Å². The molecule has 0 aromatic heterocycles. The van der Waals surface area contributed by atoms with Crippen LogP contribution in [-0.2, 0) is 10.0 Å². The summed E-state index contributed by atoms with van der Waals surface area (Å²) < 4.78 is 27.2. The fourth-order valence-corrected chi connectivity index (χ4v) is 5.23. The van der Waals surface area contributed by atoms with E-state index in [4.69, 9.17) is 0 Å². The molecule has 1 N–H and O–H groups in total. The van der Waals surface area contributed by atoms with Crippen molar-refractivity contribution in [2.45, 2.75) is 38.5 Å². The number of likely N-dealkylation sites (tertiary alicyclic amines) is 1. The first-order valence-corrected chi connectivity index (χ1v) is 10.8. The van der Waals surface area contributed by atoms with Crippen molar-refractivity contribution < 1.29 is 13.2 Å². The lowest BCUT2D eigenvalue weighted by Gasteiger charge is -2.32. The molecule has 1 fully saturated rings. The topological polar surface area (TPSA) is 69.7 Å². The second-order valence-electron chi connectivity index (χ2n) is 6.86. The molecule has 0 saturated carbocycles. The Balaban J connectivity index is 0.00000364. The maximum atomic E-state index is 12.9. The number of rotatable bonds is 7. The first kappa shape index (κ1) is 23.9. The van der Waals surface area contributed by atoms with Gasteiger partial charge < -0.3 is 10.2 Å². The molecule has 1 heterocycles. The van der Waals surface area contributed by atoms with Crippen molar-refractivity contribution in [3.8, 4) is 0 Å². The molecule has 0 unspecified atom stereocenters. The Morgan fingerprint density at radius 2 is 1.81 bits per heavy atom. The average molecular weight is 418 g/mol. The summed E-state index contributed by atoms with van der Waals surface area (Å²) in [5.41, 5.74) is 1.12. The Labute approximate surface area is 169 Å². The van der Waals surface area contributed by atoms with E-state index in [1.807, 2.05) is 25.8 Å². The highest BCUT2D eigenvalue weighted by atomic mass is 35.5. The normalized spacial score (nSPS) is 15.7. The Morgan fingerprint density at radius 1 is 1.22 bits per heavy atom. The van der Waals surface area contributed by atoms with Crippen LogP contribution in [0.5, 0.6) is 0 Å². The molecule has 2 rings (SSSR count). The van der Waals surface area contributed by atoms with E-state index in [9.17, 15) is 13.2 Å². The van der Waals surface area contributed by atoms with Crippen LogP contribution in [0.2, 0.25) is 0 Å². The van der Waals surface area contributed by atoms with Crippen molar-refractivity contribution in [3.05, 3.63) is 29.3 Å². The van der Waals surface area contributed by atoms with E-state index in [1.54, 1.807) is 25.1 Å². The van der Waals surface area contributed by atoms with Crippen LogP contribution in [0, 0.1) is 12.8 Å². The standard InChI is InChI=1S/C19H31N3O3S.ClH/c1-5-22(6-2)26(24,25)18-13-17(8-7-15(18)3)19(23)21-11-9-16(10-12-21)14-20-4;/h7-8,13,16,20H,5-6,9-12,14H2,1-4H3;1H. The van der Waals surface area contributed by atoms with Gasteiger partial charge >= 0.3 is 0 Å². The largest absolute Gasteiger partial charge is 0.339 e. The van der Waals surface area contributed by atoms with Crippen molar-refractivity contribution in [1.82, 2.24) is 14.5 Å². The maximum Gasteiger partial charge on any atom is 0.253 e. The number of piperidine rings is 1. The minimum Gasteiger partial charge on any atom is -0.339 e. The molecule has 0 aliphatic carbocycles. The molecule has 0 spiro atoms. The van der Waals surface area contributed by atoms with Gasteiger partial charge in [-0.1, -0.05) is 19.9 Å². The Kier molecular flexibility index (Phi) is 9.21. The highest BCUT2D eigenvalue weighted by molar-refractivity contribution is 7.89. The van der Waals surface area contributed by atoms with E-state index < -0.39 is 10.0 Å². The lowest BCUT2D eigenvalue weighted by Crippen LogP contribution is -2.40. The monoisotopic (exact) mass is 417 g/mol. The minimum atomic E-state index is -3.58. The molecule has 0 atom stereocenters. The van der Waals surface area contributed by atoms with Crippen LogP contribution in [0.4, 0.5) is 0 Å². The fraction of sp³-hybridized carbons (Fsp3) is 0.632. The summed E-state index contributed by atoms with van der Waals surface area (Å²) in [5, 5.41) is 3.19. The first-order valence-electron chi connectivity index (χ1n) is 9.39. The molecule has 6 nitrogen and oxygen atoms in total. The van der Waals surface area contributed by atoms with Crippen LogP contribution in [-0.4, -0.2) is 63.3 Å². The summed E-state index contributed by atoms with van der Waals surface area (Å²) in [4.78, 5) is 14.9. The summed E-state index contributed by atoms with van der Waals surface area (Å²) in [6.45, 7) is 8.65. The van der Waals surface area contributed by atoms with E-state index in [2.05, 4.69) is 5.32 Å². The van der Waals surface area contributed by atoms with Gasteiger partial charge in [0.15, 0.2) is 0 Å². The van der Waals surface area contributed by atoms with Gasteiger partial charge in [-0.05, 0) is 57.0 Å². The zero-order valence-electron chi connectivity index (χ0n) is 16.7. The molecule has 154 valence electrons. The Hall–Kier alpha value is -1.15. The molecule has 0 bridgehead atoms. The quantitative estimate of drug-likeness (QED) is 0.740. The van der Waals surface area contributed by atoms with E-state index in [1.165, 1.54) is 4.31 Å². The van der Waals surface area contributed by atoms with Crippen LogP contribution in [0.25, 0.3) is 0 Å². The highest BCUT2D eigenvalue weighted by Crippen LogP contribution is 2.24. The zero-order chi connectivity index (χ0) is 19.3. The van der Waals surface area contributed by atoms with Crippen molar-refractivity contribution in [2.75, 3.05) is 39.8 Å². The minimum absolute atomic E-state index is 0. The molecule has 1 aromatic carbocycles. The lowest BCUT2D eigenvalue weighted by molar-refractivity contribution is 0.0690. The molecule has 8 heteroatoms. The van der Waals surface area contributed by atoms with Gasteiger partial charge in [0.05, 0.1) is 4.90 Å². The van der Waals surface area contributed by atoms with Gasteiger partial charge in [-0.2, -0.15) is 4.31 Å². The predicted molar refractivity (Wildman–Crippen MR) is 111 cm³/mol. The number of hydrogen-bond donors (Lipinski definition) is 1. The number of carbonyl (C=O) groups is 1. The van der Waals surface area contributed by atoms with Gasteiger partial charge in [-0.15, -0.1) is 12.4 Å². The van der Waals surface area contributed by atoms with Crippen molar-refractivity contribution in [2.24, 2.45) is 5.92 Å². The molecule has 1 aromatic rings. The van der Waals surface area contributed by atoms with Crippen molar-refractivity contribution in [3.63, 3.8) is 0 Å². The number of sulfonamides is 1. The number of hydrogen-bond acceptors (Lipinski definition) is 4. The summed E-state index contributed by atoms with van der Waals surface area (Å²) in [6, 6.07) is 5.01. The van der Waals surface area contributed by atoms with Gasteiger partial charge in [0.25, 0.3) is 5.91 Å². The van der Waals surface area contributed by atoms with E-state index in [-0.39, 0.29) is 23.2 Å². The SMILES string of the molecule is CCN(CC)S(=O)(=O)c1cc(C(=O)N2CCC(CNC)CC2)ccc1C.Cl. The average Bonchev–Trinajstić information content (AvgIpc) is 2.63. The summed E-state index contributed by atoms with van der Waals surface area (Å²) >= 11 is 0. The van der Waals surface area contributed by atoms with Gasteiger partial charge in [0.2, 0.25) is 10.0 Å². The highest BCUT2D eigenvalue weighted by Gasteiger charge is 2.27. The lowest BCUT2D eigenvalue weighted by atomic mass is 9.96. The summed E-state index contributed by atoms with van der Waals surface area (Å²) in [6.07, 6.45) is 1.95. The number of carbonyl (C=O) groups excluding carboxylic acids is 1. The van der Waals surface area contributed by atoms with Gasteiger partial charge in [0.1, 0.15) is 0 Å². The molecule has 0 radical (unpaired) electrons. The molecule has 27 heavy (non-hydrogen) atoms. The first-order chi connectivity index (χ1) is 12.3. The predicted octanol–water partition coefficient (Wildman–Crippen LogP) is 2.52. The number of amides is 1. The van der Waals surface area contributed by atoms with Crippen LogP contribution < -0.4 is 5.32 Å². The van der Waals surface area contributed by atoms with E-state index in [0.29, 0.717) is 30.1 Å². The smallest absolute Gasteiger partial charge is 0.253 e. The zero-order valence-corrected chi connectivity index (χ0v) is 18.3. The third-order valence-corrected chi connectivity index (χ3v) is 7.34. The fourth-order valence-electron chi connectivity index (χ4n) is 3.53. The second kappa shape index (κ2) is 10.4. The van der Waals surface area contributed by atoms with E-state index >= 15 is 0 Å². The number of nitrogens with one attached hydrogen (secondary N) is 1. The van der Waals surface area contributed by atoms with Crippen molar-refractivity contribution in [1.29, 1.82) is 0 Å². The number of aryl methyl sites for hydroxylation is 1. The molecule has 1 saturated heterocycles. The molecule has 1 amide bonds. The summed E-state index contributed by atoms with van der Waals surface area (Å²) in [5.74, 6) is 0.518. The van der Waals surface area contributed by atoms with Crippen LogP contribution >= 0.6 is 12.4 Å². The number of benzene rings is 1. The van der Waals surface area contributed by atoms with Gasteiger partial charge in [-0.25, -0.2) is 8.42 Å². The van der Waals surface area contributed by atoms with Gasteiger partial charge in [-0.3, -0.25) is 4.79 Å². The molecule has 1 aliphatic rings. The van der Waals surface area contributed by atoms with Crippen LogP contribution in [0.1, 0.15) is 42.6 Å². The van der Waals surface area contributed by atoms with Gasteiger partial charge in [0, 0.05) is 31.7 Å². The second-order valence-corrected chi connectivity index (χ2v) is 8.77. The molecular weight excluding hydrogens is 386 g/mol. The third kappa shape index (κ3) is 5.44. The van der Waals surface area contributed by atoms with Crippen LogP contribution in [0.3, 0.4) is 0 Å².